The van der Waals surface area contributed by atoms with Crippen molar-refractivity contribution < 1.29 is 23.7 Å². The number of ether oxygens (including phenoxy) is 4. The highest BCUT2D eigenvalue weighted by Crippen LogP contribution is 2.43. The number of nitrogens with zero attached hydrogens (tertiary/aromatic N) is 1. The summed E-state index contributed by atoms with van der Waals surface area (Å²) in [6, 6.07) is 21.2. The number of fused-ring (bicyclic) bond motifs is 1. The summed E-state index contributed by atoms with van der Waals surface area (Å²) in [5.74, 6) is 1.02. The Morgan fingerprint density at radius 1 is 0.969 bits per heavy atom. The molecule has 1 atom stereocenters. The number of esters is 1. The van der Waals surface area contributed by atoms with Crippen molar-refractivity contribution in [3.05, 3.63) is 94.9 Å². The van der Waals surface area contributed by atoms with E-state index < -0.39 is 11.9 Å². The Hall–Kier alpha value is -4.44. The topological polar surface area (TPSA) is 104 Å². The van der Waals surface area contributed by atoms with Crippen molar-refractivity contribution in [2.45, 2.75) is 5.92 Å². The highest BCUT2D eigenvalue weighted by atomic mass is 16.5. The minimum atomic E-state index is -0.535. The van der Waals surface area contributed by atoms with Gasteiger partial charge in [-0.05, 0) is 42.0 Å². The molecule has 1 heterocycles. The first kappa shape index (κ1) is 20.8. The fourth-order valence-corrected chi connectivity index (χ4v) is 3.55. The van der Waals surface area contributed by atoms with Crippen LogP contribution in [-0.2, 0) is 0 Å². The summed E-state index contributed by atoms with van der Waals surface area (Å²) < 4.78 is 21.6. The summed E-state index contributed by atoms with van der Waals surface area (Å²) in [6.07, 6.45) is 0. The molecule has 4 rings (SSSR count). The Kier molecular flexibility index (Phi) is 5.69. The Morgan fingerprint density at radius 3 is 2.38 bits per heavy atom. The number of hydrogen-bond donors (Lipinski definition) is 1. The summed E-state index contributed by atoms with van der Waals surface area (Å²) >= 11 is 0. The Balaban J connectivity index is 1.66. The van der Waals surface area contributed by atoms with Crippen LogP contribution in [0.4, 0.5) is 0 Å². The van der Waals surface area contributed by atoms with E-state index >= 15 is 0 Å². The molecule has 0 spiro atoms. The van der Waals surface area contributed by atoms with Gasteiger partial charge in [0.25, 0.3) is 0 Å². The van der Waals surface area contributed by atoms with Gasteiger partial charge in [0.05, 0.1) is 25.7 Å². The SMILES string of the molecule is COc1ccc(C2C(C#N)=C(N)Oc3cc(OC(=O)c4cccc(OC)c4)ccc32)cc1. The van der Waals surface area contributed by atoms with Crippen molar-refractivity contribution in [1.82, 2.24) is 0 Å². The highest BCUT2D eigenvalue weighted by Gasteiger charge is 2.31. The van der Waals surface area contributed by atoms with Crippen molar-refractivity contribution >= 4 is 5.97 Å². The van der Waals surface area contributed by atoms with E-state index in [0.717, 1.165) is 11.1 Å². The van der Waals surface area contributed by atoms with Crippen LogP contribution in [0.1, 0.15) is 27.4 Å². The average molecular weight is 428 g/mol. The molecule has 0 fully saturated rings. The molecule has 7 nitrogen and oxygen atoms in total. The van der Waals surface area contributed by atoms with E-state index in [1.165, 1.54) is 7.11 Å². The number of rotatable bonds is 5. The van der Waals surface area contributed by atoms with Crippen LogP contribution >= 0.6 is 0 Å². The molecule has 0 aliphatic carbocycles. The molecule has 3 aromatic carbocycles. The zero-order valence-corrected chi connectivity index (χ0v) is 17.5. The van der Waals surface area contributed by atoms with Crippen LogP contribution in [0.3, 0.4) is 0 Å². The number of nitrogens with two attached hydrogens (primary N) is 1. The smallest absolute Gasteiger partial charge is 0.343 e. The molecule has 0 aromatic heterocycles. The van der Waals surface area contributed by atoms with Crippen molar-refractivity contribution in [1.29, 1.82) is 5.26 Å². The summed E-state index contributed by atoms with van der Waals surface area (Å²) in [4.78, 5) is 12.6. The molecule has 0 amide bonds. The summed E-state index contributed by atoms with van der Waals surface area (Å²) in [6.45, 7) is 0. The minimum Gasteiger partial charge on any atom is -0.497 e. The van der Waals surface area contributed by atoms with Crippen LogP contribution < -0.4 is 24.7 Å². The zero-order valence-electron chi connectivity index (χ0n) is 17.5. The number of methoxy groups -OCH3 is 2. The lowest BCUT2D eigenvalue weighted by Gasteiger charge is -2.26. The Bertz CT molecular complexity index is 1240. The molecule has 1 unspecified atom stereocenters. The molecule has 3 aromatic rings. The number of allylic oxidation sites excluding steroid dienone is 1. The van der Waals surface area contributed by atoms with Crippen LogP contribution in [0.25, 0.3) is 0 Å². The molecule has 1 aliphatic heterocycles. The molecule has 0 bridgehead atoms. The third kappa shape index (κ3) is 3.94. The average Bonchev–Trinajstić information content (AvgIpc) is 2.83. The third-order valence-electron chi connectivity index (χ3n) is 5.16. The largest absolute Gasteiger partial charge is 0.497 e. The zero-order chi connectivity index (χ0) is 22.7. The van der Waals surface area contributed by atoms with Gasteiger partial charge in [0.1, 0.15) is 34.6 Å². The maximum atomic E-state index is 12.6. The molecule has 32 heavy (non-hydrogen) atoms. The van der Waals surface area contributed by atoms with Crippen molar-refractivity contribution in [2.24, 2.45) is 5.73 Å². The molecule has 2 N–H and O–H groups in total. The first-order valence-electron chi connectivity index (χ1n) is 9.75. The second-order valence-electron chi connectivity index (χ2n) is 7.02. The molecule has 0 saturated heterocycles. The fraction of sp³-hybridized carbons (Fsp3) is 0.120. The predicted octanol–water partition coefficient (Wildman–Crippen LogP) is 4.14. The number of benzene rings is 3. The van der Waals surface area contributed by atoms with Gasteiger partial charge in [-0.1, -0.05) is 24.3 Å². The normalized spacial score (nSPS) is 14.6. The molecule has 0 saturated carbocycles. The van der Waals surface area contributed by atoms with Crippen LogP contribution in [0.5, 0.6) is 23.0 Å². The van der Waals surface area contributed by atoms with Crippen LogP contribution in [-0.4, -0.2) is 20.2 Å². The van der Waals surface area contributed by atoms with Crippen LogP contribution in [0.2, 0.25) is 0 Å². The van der Waals surface area contributed by atoms with Gasteiger partial charge in [-0.3, -0.25) is 0 Å². The van der Waals surface area contributed by atoms with Crippen molar-refractivity contribution in [3.63, 3.8) is 0 Å². The quantitative estimate of drug-likeness (QED) is 0.481. The maximum Gasteiger partial charge on any atom is 0.343 e. The Morgan fingerprint density at radius 2 is 1.69 bits per heavy atom. The van der Waals surface area contributed by atoms with Crippen molar-refractivity contribution in [2.75, 3.05) is 14.2 Å². The van der Waals surface area contributed by atoms with Gasteiger partial charge in [-0.2, -0.15) is 5.26 Å². The van der Waals surface area contributed by atoms with Crippen molar-refractivity contribution in [3.8, 4) is 29.1 Å². The molecule has 1 aliphatic rings. The molecule has 0 radical (unpaired) electrons. The van der Waals surface area contributed by atoms with E-state index in [1.807, 2.05) is 24.3 Å². The van der Waals surface area contributed by atoms with Crippen LogP contribution in [0.15, 0.2) is 78.2 Å². The lowest BCUT2D eigenvalue weighted by molar-refractivity contribution is 0.0734. The van der Waals surface area contributed by atoms with Crippen LogP contribution in [0, 0.1) is 11.3 Å². The molecular weight excluding hydrogens is 408 g/mol. The standard InChI is InChI=1S/C25H20N2O5/c1-29-17-8-6-15(7-9-17)23-20-11-10-19(13-22(20)32-24(27)21(23)14-26)31-25(28)16-4-3-5-18(12-16)30-2/h3-13,23H,27H2,1-2H3. The second-order valence-corrected chi connectivity index (χ2v) is 7.02. The number of carbonyl (C=O) groups is 1. The number of hydrogen-bond acceptors (Lipinski definition) is 7. The Labute approximate surface area is 185 Å². The van der Waals surface area contributed by atoms with Gasteiger partial charge in [0, 0.05) is 11.6 Å². The number of nitriles is 1. The summed E-state index contributed by atoms with van der Waals surface area (Å²) in [7, 11) is 3.11. The summed E-state index contributed by atoms with van der Waals surface area (Å²) in [5, 5.41) is 9.69. The molecule has 160 valence electrons. The predicted molar refractivity (Wildman–Crippen MR) is 117 cm³/mol. The third-order valence-corrected chi connectivity index (χ3v) is 5.16. The molecule has 7 heteroatoms. The minimum absolute atomic E-state index is 0.0112. The maximum absolute atomic E-state index is 12.6. The van der Waals surface area contributed by atoms with E-state index in [0.29, 0.717) is 34.1 Å². The number of carbonyl (C=O) groups excluding carboxylic acids is 1. The van der Waals surface area contributed by atoms with E-state index in [9.17, 15) is 10.1 Å². The van der Waals surface area contributed by atoms with Gasteiger partial charge in [0.15, 0.2) is 0 Å². The van der Waals surface area contributed by atoms with E-state index in [4.69, 9.17) is 24.7 Å². The first-order valence-corrected chi connectivity index (χ1v) is 9.75. The first-order chi connectivity index (χ1) is 15.5. The monoisotopic (exact) mass is 428 g/mol. The van der Waals surface area contributed by atoms with Gasteiger partial charge in [-0.25, -0.2) is 4.79 Å². The second kappa shape index (κ2) is 8.74. The van der Waals surface area contributed by atoms with Gasteiger partial charge in [0.2, 0.25) is 5.88 Å². The lowest BCUT2D eigenvalue weighted by atomic mass is 9.83. The van der Waals surface area contributed by atoms with Gasteiger partial charge in [-0.15, -0.1) is 0 Å². The highest BCUT2D eigenvalue weighted by molar-refractivity contribution is 5.91. The van der Waals surface area contributed by atoms with E-state index in [2.05, 4.69) is 6.07 Å². The van der Waals surface area contributed by atoms with Gasteiger partial charge < -0.3 is 24.7 Å². The van der Waals surface area contributed by atoms with E-state index in [1.54, 1.807) is 49.6 Å². The van der Waals surface area contributed by atoms with E-state index in [-0.39, 0.29) is 5.88 Å². The van der Waals surface area contributed by atoms with Gasteiger partial charge >= 0.3 is 5.97 Å². The molecular formula is C25H20N2O5. The lowest BCUT2D eigenvalue weighted by Crippen LogP contribution is -2.21. The fourth-order valence-electron chi connectivity index (χ4n) is 3.55. The summed E-state index contributed by atoms with van der Waals surface area (Å²) in [5.41, 5.74) is 8.31.